The van der Waals surface area contributed by atoms with Crippen LogP contribution < -0.4 is 4.74 Å². The monoisotopic (exact) mass is 400 g/mol. The summed E-state index contributed by atoms with van der Waals surface area (Å²) < 4.78 is 33.6. The van der Waals surface area contributed by atoms with E-state index >= 15 is 0 Å². The molecule has 0 aromatic heterocycles. The predicted molar refractivity (Wildman–Crippen MR) is 115 cm³/mol. The van der Waals surface area contributed by atoms with Gasteiger partial charge in [-0.1, -0.05) is 44.7 Å². The van der Waals surface area contributed by atoms with Crippen LogP contribution in [0.4, 0.5) is 8.78 Å². The molecule has 2 aromatic rings. The SMILES string of the molecule is CCCC1CCC(C2CCC(c3ccc4cc(OC)c(F)c(F)c4c3)CC2)CC1. The molecule has 2 aliphatic rings. The van der Waals surface area contributed by atoms with Gasteiger partial charge in [-0.25, -0.2) is 4.39 Å². The zero-order valence-corrected chi connectivity index (χ0v) is 17.9. The van der Waals surface area contributed by atoms with Crippen LogP contribution in [0.3, 0.4) is 0 Å². The molecular weight excluding hydrogens is 366 g/mol. The van der Waals surface area contributed by atoms with E-state index < -0.39 is 11.6 Å². The number of hydrogen-bond acceptors (Lipinski definition) is 1. The minimum absolute atomic E-state index is 0.0306. The molecule has 2 aliphatic carbocycles. The van der Waals surface area contributed by atoms with E-state index in [1.165, 1.54) is 71.3 Å². The summed E-state index contributed by atoms with van der Waals surface area (Å²) in [5.41, 5.74) is 1.16. The summed E-state index contributed by atoms with van der Waals surface area (Å²) >= 11 is 0. The maximum Gasteiger partial charge on any atom is 0.201 e. The first-order chi connectivity index (χ1) is 14.1. The van der Waals surface area contributed by atoms with Crippen molar-refractivity contribution in [3.05, 3.63) is 41.5 Å². The Labute approximate surface area is 173 Å². The Balaban J connectivity index is 1.41. The highest BCUT2D eigenvalue weighted by molar-refractivity contribution is 5.85. The molecule has 2 aromatic carbocycles. The molecule has 29 heavy (non-hydrogen) atoms. The molecule has 2 fully saturated rings. The highest BCUT2D eigenvalue weighted by Crippen LogP contribution is 2.45. The first kappa shape index (κ1) is 20.6. The number of ether oxygens (including phenoxy) is 1. The second-order valence-electron chi connectivity index (χ2n) is 9.37. The van der Waals surface area contributed by atoms with Gasteiger partial charge in [0.05, 0.1) is 7.11 Å². The molecule has 0 unspecified atom stereocenters. The molecule has 0 amide bonds. The highest BCUT2D eigenvalue weighted by atomic mass is 19.2. The summed E-state index contributed by atoms with van der Waals surface area (Å²) in [6, 6.07) is 7.47. The average molecular weight is 401 g/mol. The van der Waals surface area contributed by atoms with E-state index in [9.17, 15) is 8.78 Å². The molecule has 0 heterocycles. The molecule has 4 rings (SSSR count). The van der Waals surface area contributed by atoms with Crippen molar-refractivity contribution in [2.75, 3.05) is 7.11 Å². The molecule has 0 aliphatic heterocycles. The van der Waals surface area contributed by atoms with E-state index in [-0.39, 0.29) is 5.75 Å². The fourth-order valence-electron chi connectivity index (χ4n) is 6.00. The van der Waals surface area contributed by atoms with Crippen LogP contribution >= 0.6 is 0 Å². The van der Waals surface area contributed by atoms with Crippen molar-refractivity contribution in [3.8, 4) is 5.75 Å². The van der Waals surface area contributed by atoms with E-state index in [2.05, 4.69) is 13.0 Å². The highest BCUT2D eigenvalue weighted by Gasteiger charge is 2.31. The number of halogens is 2. The van der Waals surface area contributed by atoms with Crippen LogP contribution in [0.2, 0.25) is 0 Å². The van der Waals surface area contributed by atoms with Crippen molar-refractivity contribution < 1.29 is 13.5 Å². The van der Waals surface area contributed by atoms with Crippen LogP contribution in [0.15, 0.2) is 24.3 Å². The summed E-state index contributed by atoms with van der Waals surface area (Å²) in [7, 11) is 1.37. The van der Waals surface area contributed by atoms with Crippen molar-refractivity contribution in [3.63, 3.8) is 0 Å². The van der Waals surface area contributed by atoms with Crippen LogP contribution in [0.1, 0.15) is 82.6 Å². The number of hydrogen-bond donors (Lipinski definition) is 0. The van der Waals surface area contributed by atoms with Crippen LogP contribution in [0.5, 0.6) is 5.75 Å². The molecule has 3 heteroatoms. The van der Waals surface area contributed by atoms with Gasteiger partial charge in [0.2, 0.25) is 5.82 Å². The van der Waals surface area contributed by atoms with Gasteiger partial charge in [0, 0.05) is 5.39 Å². The van der Waals surface area contributed by atoms with Crippen molar-refractivity contribution >= 4 is 10.8 Å². The molecule has 2 saturated carbocycles. The van der Waals surface area contributed by atoms with Gasteiger partial charge in [0.25, 0.3) is 0 Å². The Morgan fingerprint density at radius 3 is 2.14 bits per heavy atom. The van der Waals surface area contributed by atoms with Crippen LogP contribution in [-0.2, 0) is 0 Å². The molecule has 0 N–H and O–H groups in total. The fraction of sp³-hybridized carbons (Fsp3) is 0.615. The quantitative estimate of drug-likeness (QED) is 0.494. The fourth-order valence-corrected chi connectivity index (χ4v) is 6.00. The lowest BCUT2D eigenvalue weighted by Gasteiger charge is -2.38. The molecule has 0 atom stereocenters. The Morgan fingerprint density at radius 2 is 1.52 bits per heavy atom. The van der Waals surface area contributed by atoms with Crippen LogP contribution in [-0.4, -0.2) is 7.11 Å². The third-order valence-corrected chi connectivity index (χ3v) is 7.73. The largest absolute Gasteiger partial charge is 0.494 e. The lowest BCUT2D eigenvalue weighted by molar-refractivity contribution is 0.156. The molecule has 0 bridgehead atoms. The molecule has 0 radical (unpaired) electrons. The van der Waals surface area contributed by atoms with Gasteiger partial charge >= 0.3 is 0 Å². The van der Waals surface area contributed by atoms with Gasteiger partial charge in [-0.15, -0.1) is 0 Å². The molecule has 0 saturated heterocycles. The first-order valence-electron chi connectivity index (χ1n) is 11.6. The summed E-state index contributed by atoms with van der Waals surface area (Å²) in [6.07, 6.45) is 13.3. The molecule has 1 nitrogen and oxygen atoms in total. The molecule has 158 valence electrons. The van der Waals surface area contributed by atoms with Crippen molar-refractivity contribution in [1.82, 2.24) is 0 Å². The second-order valence-corrected chi connectivity index (χ2v) is 9.37. The van der Waals surface area contributed by atoms with Gasteiger partial charge in [0.15, 0.2) is 11.6 Å². The standard InChI is InChI=1S/C26H34F2O/c1-3-4-17-5-7-18(8-6-17)19-9-11-20(12-10-19)21-13-14-22-16-24(29-2)26(28)25(27)23(22)15-21/h13-20H,3-12H2,1-2H3. The van der Waals surface area contributed by atoms with E-state index in [0.717, 1.165) is 23.3 Å². The molecular formula is C26H34F2O. The van der Waals surface area contributed by atoms with Crippen molar-refractivity contribution in [2.45, 2.75) is 77.0 Å². The number of benzene rings is 2. The van der Waals surface area contributed by atoms with Crippen LogP contribution in [0, 0.1) is 29.4 Å². The minimum atomic E-state index is -0.889. The van der Waals surface area contributed by atoms with Gasteiger partial charge < -0.3 is 4.74 Å². The summed E-state index contributed by atoms with van der Waals surface area (Å²) in [4.78, 5) is 0. The third kappa shape index (κ3) is 4.29. The second kappa shape index (κ2) is 9.02. The smallest absolute Gasteiger partial charge is 0.201 e. The van der Waals surface area contributed by atoms with E-state index in [0.29, 0.717) is 16.7 Å². The van der Waals surface area contributed by atoms with Gasteiger partial charge in [-0.3, -0.25) is 0 Å². The van der Waals surface area contributed by atoms with Crippen molar-refractivity contribution in [2.24, 2.45) is 17.8 Å². The van der Waals surface area contributed by atoms with E-state index in [4.69, 9.17) is 4.74 Å². The Hall–Kier alpha value is -1.64. The van der Waals surface area contributed by atoms with Gasteiger partial charge in [0.1, 0.15) is 0 Å². The topological polar surface area (TPSA) is 9.23 Å². The average Bonchev–Trinajstić information content (AvgIpc) is 2.77. The Bertz CT molecular complexity index is 830. The summed E-state index contributed by atoms with van der Waals surface area (Å²) in [5.74, 6) is 1.51. The Kier molecular flexibility index (Phi) is 6.41. The maximum absolute atomic E-state index is 14.5. The van der Waals surface area contributed by atoms with E-state index in [1.807, 2.05) is 12.1 Å². The lowest BCUT2D eigenvalue weighted by Crippen LogP contribution is -2.25. The number of rotatable bonds is 5. The van der Waals surface area contributed by atoms with Crippen molar-refractivity contribution in [1.29, 1.82) is 0 Å². The number of fused-ring (bicyclic) bond motifs is 1. The third-order valence-electron chi connectivity index (χ3n) is 7.73. The zero-order valence-electron chi connectivity index (χ0n) is 17.9. The zero-order chi connectivity index (χ0) is 20.4. The summed E-state index contributed by atoms with van der Waals surface area (Å²) in [5, 5.41) is 1.07. The Morgan fingerprint density at radius 1 is 0.862 bits per heavy atom. The molecule has 0 spiro atoms. The van der Waals surface area contributed by atoms with Gasteiger partial charge in [-0.2, -0.15) is 4.39 Å². The minimum Gasteiger partial charge on any atom is -0.494 e. The predicted octanol–water partition coefficient (Wildman–Crippen LogP) is 8.01. The number of methoxy groups -OCH3 is 1. The maximum atomic E-state index is 14.5. The van der Waals surface area contributed by atoms with Gasteiger partial charge in [-0.05, 0) is 85.3 Å². The lowest BCUT2D eigenvalue weighted by atomic mass is 9.68. The van der Waals surface area contributed by atoms with Crippen LogP contribution in [0.25, 0.3) is 10.8 Å². The normalized spacial score (nSPS) is 27.9. The first-order valence-corrected chi connectivity index (χ1v) is 11.6. The van der Waals surface area contributed by atoms with E-state index in [1.54, 1.807) is 6.07 Å². The summed E-state index contributed by atoms with van der Waals surface area (Å²) in [6.45, 7) is 2.30.